The fraction of sp³-hybridized carbons (Fsp3) is 0.167. The minimum Gasteiger partial charge on any atom is -0.482 e. The van der Waals surface area contributed by atoms with Gasteiger partial charge in [-0.1, -0.05) is 18.2 Å². The predicted octanol–water partition coefficient (Wildman–Crippen LogP) is 2.34. The third-order valence-corrected chi connectivity index (χ3v) is 3.08. The van der Waals surface area contributed by atoms with Crippen LogP contribution < -0.4 is 10.1 Å². The van der Waals surface area contributed by atoms with E-state index in [0.717, 1.165) is 11.3 Å². The van der Waals surface area contributed by atoms with Gasteiger partial charge >= 0.3 is 5.97 Å². The molecule has 132 valence electrons. The molecule has 7 heteroatoms. The molecular weight excluding hydrogens is 344 g/mol. The molecule has 0 aliphatic heterocycles. The SMILES string of the molecule is Cl.O=C(O)COc1ccc(/C=C/C(=O)NCCc2ccccn2)cc1. The first-order valence-corrected chi connectivity index (χ1v) is 7.44. The van der Waals surface area contributed by atoms with Gasteiger partial charge < -0.3 is 15.2 Å². The van der Waals surface area contributed by atoms with Crippen LogP contribution in [0.2, 0.25) is 0 Å². The summed E-state index contributed by atoms with van der Waals surface area (Å²) in [5.74, 6) is -0.743. The lowest BCUT2D eigenvalue weighted by molar-refractivity contribution is -0.139. The highest BCUT2D eigenvalue weighted by molar-refractivity contribution is 5.91. The van der Waals surface area contributed by atoms with E-state index < -0.39 is 5.97 Å². The van der Waals surface area contributed by atoms with E-state index >= 15 is 0 Å². The van der Waals surface area contributed by atoms with Gasteiger partial charge in [-0.2, -0.15) is 0 Å². The Kier molecular flexibility index (Phi) is 8.74. The monoisotopic (exact) mass is 362 g/mol. The van der Waals surface area contributed by atoms with E-state index in [1.54, 1.807) is 36.5 Å². The predicted molar refractivity (Wildman–Crippen MR) is 96.8 cm³/mol. The Morgan fingerprint density at radius 1 is 1.16 bits per heavy atom. The molecule has 0 bridgehead atoms. The first-order chi connectivity index (χ1) is 11.6. The number of carbonyl (C=O) groups is 2. The highest BCUT2D eigenvalue weighted by Gasteiger charge is 1.99. The summed E-state index contributed by atoms with van der Waals surface area (Å²) in [5.41, 5.74) is 1.75. The van der Waals surface area contributed by atoms with Crippen molar-refractivity contribution >= 4 is 30.4 Å². The molecule has 2 N–H and O–H groups in total. The zero-order valence-corrected chi connectivity index (χ0v) is 14.2. The van der Waals surface area contributed by atoms with Gasteiger partial charge in [0.2, 0.25) is 5.91 Å². The summed E-state index contributed by atoms with van der Waals surface area (Å²) in [6, 6.07) is 12.5. The summed E-state index contributed by atoms with van der Waals surface area (Å²) < 4.78 is 5.03. The van der Waals surface area contributed by atoms with Crippen molar-refractivity contribution in [3.63, 3.8) is 0 Å². The second-order valence-corrected chi connectivity index (χ2v) is 4.95. The number of hydrogen-bond donors (Lipinski definition) is 2. The van der Waals surface area contributed by atoms with Crippen LogP contribution >= 0.6 is 12.4 Å². The molecule has 0 atom stereocenters. The fourth-order valence-electron chi connectivity index (χ4n) is 1.91. The summed E-state index contributed by atoms with van der Waals surface area (Å²) >= 11 is 0. The molecule has 1 aromatic carbocycles. The van der Waals surface area contributed by atoms with E-state index in [0.29, 0.717) is 18.7 Å². The Morgan fingerprint density at radius 3 is 2.56 bits per heavy atom. The Morgan fingerprint density at radius 2 is 1.92 bits per heavy atom. The number of ether oxygens (including phenoxy) is 1. The van der Waals surface area contributed by atoms with E-state index in [2.05, 4.69) is 10.3 Å². The molecule has 0 aliphatic rings. The van der Waals surface area contributed by atoms with Gasteiger partial charge in [-0.25, -0.2) is 4.79 Å². The van der Waals surface area contributed by atoms with Crippen LogP contribution in [0.4, 0.5) is 0 Å². The summed E-state index contributed by atoms with van der Waals surface area (Å²) in [6.07, 6.45) is 5.53. The molecule has 1 aromatic heterocycles. The normalized spacial score (nSPS) is 10.1. The Bertz CT molecular complexity index is 703. The third kappa shape index (κ3) is 7.99. The van der Waals surface area contributed by atoms with Crippen LogP contribution in [0.3, 0.4) is 0 Å². The molecule has 25 heavy (non-hydrogen) atoms. The van der Waals surface area contributed by atoms with Crippen LogP contribution in [0.25, 0.3) is 6.08 Å². The van der Waals surface area contributed by atoms with Crippen LogP contribution in [-0.2, 0) is 16.0 Å². The van der Waals surface area contributed by atoms with Gasteiger partial charge in [0, 0.05) is 30.9 Å². The van der Waals surface area contributed by atoms with Crippen molar-refractivity contribution in [1.82, 2.24) is 10.3 Å². The number of benzene rings is 1. The number of pyridine rings is 1. The Labute approximate surface area is 152 Å². The maximum Gasteiger partial charge on any atom is 0.341 e. The first kappa shape index (κ1) is 20.2. The Hall–Kier alpha value is -2.86. The van der Waals surface area contributed by atoms with E-state index in [4.69, 9.17) is 9.84 Å². The van der Waals surface area contributed by atoms with Crippen LogP contribution in [0, 0.1) is 0 Å². The minimum absolute atomic E-state index is 0. The largest absolute Gasteiger partial charge is 0.482 e. The summed E-state index contributed by atoms with van der Waals surface area (Å²) in [5, 5.41) is 11.3. The van der Waals surface area contributed by atoms with Gasteiger partial charge in [0.15, 0.2) is 6.61 Å². The van der Waals surface area contributed by atoms with Crippen LogP contribution in [-0.4, -0.2) is 35.1 Å². The molecular formula is C18H19ClN2O4. The average molecular weight is 363 g/mol. The van der Waals surface area contributed by atoms with E-state index in [9.17, 15) is 9.59 Å². The van der Waals surface area contributed by atoms with Crippen molar-refractivity contribution in [2.75, 3.05) is 13.2 Å². The maximum atomic E-state index is 11.7. The number of carboxylic acids is 1. The van der Waals surface area contributed by atoms with Crippen LogP contribution in [0.5, 0.6) is 5.75 Å². The minimum atomic E-state index is -1.03. The molecule has 2 aromatic rings. The number of nitrogens with one attached hydrogen (secondary N) is 1. The molecule has 0 spiro atoms. The number of aliphatic carboxylic acids is 1. The lowest BCUT2D eigenvalue weighted by atomic mass is 10.2. The first-order valence-electron chi connectivity index (χ1n) is 7.44. The van der Waals surface area contributed by atoms with Crippen molar-refractivity contribution in [2.45, 2.75) is 6.42 Å². The lowest BCUT2D eigenvalue weighted by Gasteiger charge is -2.03. The van der Waals surface area contributed by atoms with Crippen LogP contribution in [0.1, 0.15) is 11.3 Å². The second kappa shape index (κ2) is 10.8. The van der Waals surface area contributed by atoms with Crippen molar-refractivity contribution < 1.29 is 19.4 Å². The average Bonchev–Trinajstić information content (AvgIpc) is 2.60. The number of amides is 1. The summed E-state index contributed by atoms with van der Waals surface area (Å²) in [4.78, 5) is 26.3. The lowest BCUT2D eigenvalue weighted by Crippen LogP contribution is -2.23. The summed E-state index contributed by atoms with van der Waals surface area (Å²) in [7, 11) is 0. The fourth-order valence-corrected chi connectivity index (χ4v) is 1.91. The van der Waals surface area contributed by atoms with Gasteiger partial charge in [0.1, 0.15) is 5.75 Å². The van der Waals surface area contributed by atoms with Crippen molar-refractivity contribution in [3.8, 4) is 5.75 Å². The zero-order chi connectivity index (χ0) is 17.2. The number of rotatable bonds is 8. The van der Waals surface area contributed by atoms with Gasteiger partial charge in [0.25, 0.3) is 0 Å². The molecule has 0 saturated carbocycles. The Balaban J connectivity index is 0.00000312. The molecule has 1 heterocycles. The number of hydrogen-bond acceptors (Lipinski definition) is 4. The smallest absolute Gasteiger partial charge is 0.341 e. The molecule has 2 rings (SSSR count). The number of nitrogens with zero attached hydrogens (tertiary/aromatic N) is 1. The topological polar surface area (TPSA) is 88.5 Å². The van der Waals surface area contributed by atoms with Gasteiger partial charge in [-0.3, -0.25) is 9.78 Å². The number of halogens is 1. The van der Waals surface area contributed by atoms with Gasteiger partial charge in [0.05, 0.1) is 0 Å². The van der Waals surface area contributed by atoms with E-state index in [1.807, 2.05) is 18.2 Å². The molecule has 1 amide bonds. The number of aromatic nitrogens is 1. The van der Waals surface area contributed by atoms with E-state index in [1.165, 1.54) is 6.08 Å². The number of carboxylic acid groups (broad SMARTS) is 1. The number of carbonyl (C=O) groups excluding carboxylic acids is 1. The molecule has 0 fully saturated rings. The zero-order valence-electron chi connectivity index (χ0n) is 13.4. The van der Waals surface area contributed by atoms with Crippen LogP contribution in [0.15, 0.2) is 54.7 Å². The molecule has 0 radical (unpaired) electrons. The van der Waals surface area contributed by atoms with E-state index in [-0.39, 0.29) is 24.9 Å². The highest BCUT2D eigenvalue weighted by atomic mass is 35.5. The second-order valence-electron chi connectivity index (χ2n) is 4.95. The highest BCUT2D eigenvalue weighted by Crippen LogP contribution is 2.13. The molecule has 6 nitrogen and oxygen atoms in total. The van der Waals surface area contributed by atoms with Gasteiger partial charge in [-0.05, 0) is 35.9 Å². The standard InChI is InChI=1S/C18H18N2O4.ClH/c21-17(20-12-10-15-3-1-2-11-19-15)9-6-14-4-7-16(8-5-14)24-13-18(22)23;/h1-9,11H,10,12-13H2,(H,20,21)(H,22,23);1H/b9-6+;. The van der Waals surface area contributed by atoms with Crippen molar-refractivity contribution in [2.24, 2.45) is 0 Å². The third-order valence-electron chi connectivity index (χ3n) is 3.08. The molecule has 0 saturated heterocycles. The van der Waals surface area contributed by atoms with Gasteiger partial charge in [-0.15, -0.1) is 12.4 Å². The molecule has 0 aliphatic carbocycles. The summed E-state index contributed by atoms with van der Waals surface area (Å²) in [6.45, 7) is 0.135. The molecule has 0 unspecified atom stereocenters. The maximum absolute atomic E-state index is 11.7. The van der Waals surface area contributed by atoms with Crippen molar-refractivity contribution in [1.29, 1.82) is 0 Å². The van der Waals surface area contributed by atoms with Crippen molar-refractivity contribution in [3.05, 3.63) is 66.0 Å². The quantitative estimate of drug-likeness (QED) is 0.704.